The predicted octanol–water partition coefficient (Wildman–Crippen LogP) is 4.69. The summed E-state index contributed by atoms with van der Waals surface area (Å²) >= 11 is 1.56. The lowest BCUT2D eigenvalue weighted by molar-refractivity contribution is 0.0600. The molecular formula is C23H19N3O3S. The molecule has 2 aromatic carbocycles. The van der Waals surface area contributed by atoms with Crippen molar-refractivity contribution in [2.75, 3.05) is 7.11 Å². The van der Waals surface area contributed by atoms with Gasteiger partial charge in [-0.25, -0.2) is 9.47 Å². The molecule has 0 spiro atoms. The summed E-state index contributed by atoms with van der Waals surface area (Å²) in [5.74, 6) is 0.395. The second-order valence-electron chi connectivity index (χ2n) is 7.08. The van der Waals surface area contributed by atoms with E-state index in [0.717, 1.165) is 45.6 Å². The fraction of sp³-hybridized carbons (Fsp3) is 0.174. The first-order chi connectivity index (χ1) is 14.7. The summed E-state index contributed by atoms with van der Waals surface area (Å²) in [5.41, 5.74) is 3.07. The van der Waals surface area contributed by atoms with E-state index >= 15 is 0 Å². The van der Waals surface area contributed by atoms with E-state index in [1.165, 1.54) is 7.11 Å². The monoisotopic (exact) mass is 417 g/mol. The summed E-state index contributed by atoms with van der Waals surface area (Å²) < 4.78 is 12.6. The van der Waals surface area contributed by atoms with Crippen molar-refractivity contribution in [2.24, 2.45) is 10.1 Å². The molecule has 0 radical (unpaired) electrons. The van der Waals surface area contributed by atoms with Crippen LogP contribution in [0.1, 0.15) is 28.8 Å². The van der Waals surface area contributed by atoms with Crippen molar-refractivity contribution in [2.45, 2.75) is 18.9 Å². The molecule has 5 rings (SSSR count). The van der Waals surface area contributed by atoms with Crippen LogP contribution in [0.4, 0.5) is 0 Å². The lowest BCUT2D eigenvalue weighted by atomic mass is 10.1. The van der Waals surface area contributed by atoms with Crippen LogP contribution < -0.4 is 4.80 Å². The maximum Gasteiger partial charge on any atom is 0.337 e. The first kappa shape index (κ1) is 18.6. The molecule has 0 amide bonds. The zero-order valence-electron chi connectivity index (χ0n) is 16.3. The predicted molar refractivity (Wildman–Crippen MR) is 117 cm³/mol. The van der Waals surface area contributed by atoms with E-state index in [9.17, 15) is 4.79 Å². The first-order valence-electron chi connectivity index (χ1n) is 9.67. The normalized spacial score (nSPS) is 14.6. The summed E-state index contributed by atoms with van der Waals surface area (Å²) in [6, 6.07) is 17.5. The second-order valence-corrected chi connectivity index (χ2v) is 7.92. The molecular weight excluding hydrogens is 398 g/mol. The summed E-state index contributed by atoms with van der Waals surface area (Å²) in [6.45, 7) is 0. The fourth-order valence-electron chi connectivity index (χ4n) is 3.09. The van der Waals surface area contributed by atoms with E-state index in [0.29, 0.717) is 11.6 Å². The van der Waals surface area contributed by atoms with Gasteiger partial charge < -0.3 is 9.15 Å². The molecule has 1 aliphatic rings. The Labute approximate surface area is 176 Å². The number of esters is 1. The number of methoxy groups -OCH3 is 1. The number of hydrogen-bond acceptors (Lipinski definition) is 6. The quantitative estimate of drug-likeness (QED) is 0.349. The lowest BCUT2D eigenvalue weighted by Gasteiger charge is -2.01. The summed E-state index contributed by atoms with van der Waals surface area (Å²) in [7, 11) is 1.37. The number of benzene rings is 2. The minimum absolute atomic E-state index is 0.358. The van der Waals surface area contributed by atoms with Gasteiger partial charge in [0.1, 0.15) is 11.3 Å². The Morgan fingerprint density at radius 1 is 1.20 bits per heavy atom. The van der Waals surface area contributed by atoms with Gasteiger partial charge >= 0.3 is 5.97 Å². The number of carbonyl (C=O) groups excluding carboxylic acids is 1. The zero-order chi connectivity index (χ0) is 20.5. The van der Waals surface area contributed by atoms with Crippen LogP contribution in [-0.2, 0) is 4.74 Å². The summed E-state index contributed by atoms with van der Waals surface area (Å²) in [6.07, 6.45) is 4.00. The molecule has 4 aromatic rings. The Hall–Kier alpha value is -3.45. The van der Waals surface area contributed by atoms with Crippen LogP contribution in [0.5, 0.6) is 0 Å². The maximum absolute atomic E-state index is 11.6. The highest BCUT2D eigenvalue weighted by Gasteiger charge is 2.21. The number of thiazole rings is 1. The number of ether oxygens (including phenoxy) is 1. The smallest absolute Gasteiger partial charge is 0.337 e. The summed E-state index contributed by atoms with van der Waals surface area (Å²) in [5, 5.41) is 7.76. The van der Waals surface area contributed by atoms with Gasteiger partial charge in [-0.2, -0.15) is 5.10 Å². The fourth-order valence-corrected chi connectivity index (χ4v) is 3.97. The number of carbonyl (C=O) groups is 1. The molecule has 2 heterocycles. The SMILES string of the molecule is COC(=O)c1ccc(C=Nn2c(-c3cc4ccccc4o3)csc2=NC2CC2)cc1. The number of furan rings is 1. The molecule has 6 nitrogen and oxygen atoms in total. The van der Waals surface area contributed by atoms with Crippen LogP contribution in [0, 0.1) is 0 Å². The van der Waals surface area contributed by atoms with Gasteiger partial charge in [0.05, 0.1) is 24.9 Å². The van der Waals surface area contributed by atoms with Crippen LogP contribution in [0.2, 0.25) is 0 Å². The van der Waals surface area contributed by atoms with Gasteiger partial charge in [-0.3, -0.25) is 4.99 Å². The molecule has 30 heavy (non-hydrogen) atoms. The van der Waals surface area contributed by atoms with E-state index in [2.05, 4.69) is 0 Å². The Morgan fingerprint density at radius 2 is 2.00 bits per heavy atom. The number of aromatic nitrogens is 1. The van der Waals surface area contributed by atoms with Crippen LogP contribution in [0.3, 0.4) is 0 Å². The third-order valence-corrected chi connectivity index (χ3v) is 5.69. The molecule has 1 aliphatic carbocycles. The number of para-hydroxylation sites is 1. The highest BCUT2D eigenvalue weighted by Crippen LogP contribution is 2.29. The second kappa shape index (κ2) is 7.76. The van der Waals surface area contributed by atoms with Crippen molar-refractivity contribution in [3.63, 3.8) is 0 Å². The maximum atomic E-state index is 11.6. The zero-order valence-corrected chi connectivity index (χ0v) is 17.1. The Kier molecular flexibility index (Phi) is 4.80. The van der Waals surface area contributed by atoms with Gasteiger partial charge in [0.15, 0.2) is 5.76 Å². The third-order valence-electron chi connectivity index (χ3n) is 4.86. The van der Waals surface area contributed by atoms with Gasteiger partial charge in [0.25, 0.3) is 0 Å². The summed E-state index contributed by atoms with van der Waals surface area (Å²) in [4.78, 5) is 17.3. The molecule has 0 atom stereocenters. The van der Waals surface area contributed by atoms with Gasteiger partial charge in [-0.05, 0) is 42.7 Å². The van der Waals surface area contributed by atoms with Crippen LogP contribution in [0.15, 0.2) is 74.5 Å². The van der Waals surface area contributed by atoms with Gasteiger partial charge in [-0.1, -0.05) is 30.3 Å². The van der Waals surface area contributed by atoms with Crippen molar-refractivity contribution in [3.05, 3.63) is 75.9 Å². The Morgan fingerprint density at radius 3 is 2.73 bits per heavy atom. The standard InChI is InChI=1S/C23H19N3O3S/c1-28-22(27)16-8-6-15(7-9-16)13-24-26-19(14-30-23(26)25-18-10-11-18)21-12-17-4-2-3-5-20(17)29-21/h2-9,12-14,18H,10-11H2,1H3. The Balaban J connectivity index is 1.53. The van der Waals surface area contributed by atoms with Crippen molar-refractivity contribution < 1.29 is 13.9 Å². The van der Waals surface area contributed by atoms with E-state index < -0.39 is 0 Å². The van der Waals surface area contributed by atoms with Crippen LogP contribution in [0.25, 0.3) is 22.4 Å². The highest BCUT2D eigenvalue weighted by molar-refractivity contribution is 7.07. The van der Waals surface area contributed by atoms with Gasteiger partial charge in [0.2, 0.25) is 4.80 Å². The van der Waals surface area contributed by atoms with E-state index in [-0.39, 0.29) is 5.97 Å². The van der Waals surface area contributed by atoms with Crippen molar-refractivity contribution in [3.8, 4) is 11.5 Å². The Bertz CT molecular complexity index is 1270. The average Bonchev–Trinajstić information content (AvgIpc) is 3.35. The molecule has 0 unspecified atom stereocenters. The first-order valence-corrected chi connectivity index (χ1v) is 10.6. The molecule has 1 saturated carbocycles. The molecule has 150 valence electrons. The molecule has 0 aliphatic heterocycles. The lowest BCUT2D eigenvalue weighted by Crippen LogP contribution is -2.12. The van der Waals surface area contributed by atoms with Crippen molar-refractivity contribution in [1.29, 1.82) is 0 Å². The average molecular weight is 417 g/mol. The van der Waals surface area contributed by atoms with E-state index in [4.69, 9.17) is 19.2 Å². The minimum Gasteiger partial charge on any atom is -0.465 e. The number of fused-ring (bicyclic) bond motifs is 1. The molecule has 0 bridgehead atoms. The number of hydrogen-bond donors (Lipinski definition) is 0. The van der Waals surface area contributed by atoms with Crippen molar-refractivity contribution >= 4 is 34.5 Å². The molecule has 2 aromatic heterocycles. The molecule has 0 N–H and O–H groups in total. The third kappa shape index (κ3) is 3.71. The van der Waals surface area contributed by atoms with Gasteiger partial charge in [0, 0.05) is 10.8 Å². The van der Waals surface area contributed by atoms with E-state index in [1.807, 2.05) is 52.5 Å². The van der Waals surface area contributed by atoms with Crippen LogP contribution in [-0.4, -0.2) is 30.0 Å². The highest BCUT2D eigenvalue weighted by atomic mass is 32.1. The van der Waals surface area contributed by atoms with Crippen LogP contribution >= 0.6 is 11.3 Å². The topological polar surface area (TPSA) is 69.1 Å². The number of nitrogens with zero attached hydrogens (tertiary/aromatic N) is 3. The van der Waals surface area contributed by atoms with Crippen molar-refractivity contribution in [1.82, 2.24) is 4.68 Å². The van der Waals surface area contributed by atoms with Gasteiger partial charge in [-0.15, -0.1) is 11.3 Å². The minimum atomic E-state index is -0.358. The number of rotatable bonds is 5. The molecule has 7 heteroatoms. The molecule has 0 saturated heterocycles. The largest absolute Gasteiger partial charge is 0.465 e. The molecule has 1 fully saturated rings. The van der Waals surface area contributed by atoms with E-state index in [1.54, 1.807) is 29.7 Å².